The molecule has 1 amide bonds. The van der Waals surface area contributed by atoms with Gasteiger partial charge < -0.3 is 10.0 Å². The number of amides is 1. The summed E-state index contributed by atoms with van der Waals surface area (Å²) in [5.74, 6) is 4.36. The molecular weight excluding hydrogens is 271 g/mol. The molecule has 0 unspecified atom stereocenters. The lowest BCUT2D eigenvalue weighted by Gasteiger charge is -2.19. The molecular formula is C14H14F3NO2. The molecule has 0 bridgehead atoms. The van der Waals surface area contributed by atoms with E-state index in [0.29, 0.717) is 10.5 Å². The van der Waals surface area contributed by atoms with Crippen LogP contribution in [-0.4, -0.2) is 42.3 Å². The molecule has 0 aromatic heterocycles. The third-order valence-electron chi connectivity index (χ3n) is 2.55. The number of hydrogen-bond donors (Lipinski definition) is 1. The van der Waals surface area contributed by atoms with Crippen LogP contribution in [0.4, 0.5) is 13.2 Å². The van der Waals surface area contributed by atoms with Gasteiger partial charge in [0.05, 0.1) is 0 Å². The number of carbonyl (C=O) groups excluding carboxylic acids is 1. The summed E-state index contributed by atoms with van der Waals surface area (Å²) in [6.45, 7) is 0.123. The molecule has 108 valence electrons. The Labute approximate surface area is 115 Å². The fourth-order valence-electron chi connectivity index (χ4n) is 1.59. The molecule has 1 N–H and O–H groups in total. The van der Waals surface area contributed by atoms with Crippen LogP contribution in [0.5, 0.6) is 0 Å². The molecule has 3 nitrogen and oxygen atoms in total. The van der Waals surface area contributed by atoms with Crippen LogP contribution in [0.25, 0.3) is 0 Å². The first-order chi connectivity index (χ1) is 9.24. The second-order valence-corrected chi connectivity index (χ2v) is 4.27. The fourth-order valence-corrected chi connectivity index (χ4v) is 1.59. The molecule has 0 aliphatic heterocycles. The van der Waals surface area contributed by atoms with Crippen LogP contribution in [-0.2, 0) is 0 Å². The zero-order chi connectivity index (χ0) is 15.3. The van der Waals surface area contributed by atoms with E-state index >= 15 is 0 Å². The predicted octanol–water partition coefficient (Wildman–Crippen LogP) is 1.97. The van der Waals surface area contributed by atoms with Crippen molar-refractivity contribution in [3.8, 4) is 11.8 Å². The number of carbonyl (C=O) groups is 1. The molecule has 1 aromatic carbocycles. The van der Waals surface area contributed by atoms with Crippen LogP contribution < -0.4 is 0 Å². The number of hydrogen-bond acceptors (Lipinski definition) is 2. The number of nitrogens with zero attached hydrogens (tertiary/aromatic N) is 1. The molecule has 1 aromatic rings. The van der Waals surface area contributed by atoms with Gasteiger partial charge in [0.1, 0.15) is 13.2 Å². The number of halogens is 3. The van der Waals surface area contributed by atoms with Gasteiger partial charge in [-0.2, -0.15) is 13.2 Å². The maximum Gasteiger partial charge on any atom is 0.406 e. The molecule has 0 aliphatic rings. The minimum absolute atomic E-state index is 0.129. The van der Waals surface area contributed by atoms with Crippen molar-refractivity contribution in [3.63, 3.8) is 0 Å². The highest BCUT2D eigenvalue weighted by molar-refractivity contribution is 5.94. The van der Waals surface area contributed by atoms with Crippen LogP contribution in [0.3, 0.4) is 0 Å². The minimum atomic E-state index is -4.44. The zero-order valence-corrected chi connectivity index (χ0v) is 11.1. The van der Waals surface area contributed by atoms with E-state index in [2.05, 4.69) is 11.8 Å². The monoisotopic (exact) mass is 285 g/mol. The molecule has 0 radical (unpaired) electrons. The molecule has 6 heteroatoms. The standard InChI is InChI=1S/C14H14F3NO2/c1-10-5-6-12(8-11(10)4-3-7-19)13(20)18(2)9-14(15,16)17/h5-6,8,19H,7,9H2,1-2H3. The fraction of sp³-hybridized carbons (Fsp3) is 0.357. The van der Waals surface area contributed by atoms with Crippen molar-refractivity contribution in [3.05, 3.63) is 34.9 Å². The summed E-state index contributed by atoms with van der Waals surface area (Å²) >= 11 is 0. The van der Waals surface area contributed by atoms with Crippen molar-refractivity contribution in [1.82, 2.24) is 4.90 Å². The minimum Gasteiger partial charge on any atom is -0.384 e. The number of benzene rings is 1. The van der Waals surface area contributed by atoms with E-state index < -0.39 is 18.6 Å². The van der Waals surface area contributed by atoms with Gasteiger partial charge in [-0.15, -0.1) is 0 Å². The van der Waals surface area contributed by atoms with Crippen LogP contribution >= 0.6 is 0 Å². The molecule has 1 rings (SSSR count). The lowest BCUT2D eigenvalue weighted by atomic mass is 10.0. The molecule has 0 aliphatic carbocycles. The Balaban J connectivity index is 2.99. The maximum absolute atomic E-state index is 12.2. The van der Waals surface area contributed by atoms with Crippen LogP contribution in [0.15, 0.2) is 18.2 Å². The second kappa shape index (κ2) is 6.44. The molecule has 0 saturated carbocycles. The van der Waals surface area contributed by atoms with E-state index in [9.17, 15) is 18.0 Å². The van der Waals surface area contributed by atoms with Crippen LogP contribution in [0, 0.1) is 18.8 Å². The maximum atomic E-state index is 12.2. The summed E-state index contributed by atoms with van der Waals surface area (Å²) in [4.78, 5) is 12.5. The normalized spacial score (nSPS) is 10.7. The Bertz CT molecular complexity index is 556. The zero-order valence-electron chi connectivity index (χ0n) is 11.1. The Morgan fingerprint density at radius 3 is 2.60 bits per heavy atom. The quantitative estimate of drug-likeness (QED) is 0.844. The summed E-state index contributed by atoms with van der Waals surface area (Å²) < 4.78 is 36.7. The molecule has 0 atom stereocenters. The van der Waals surface area contributed by atoms with E-state index in [4.69, 9.17) is 5.11 Å². The smallest absolute Gasteiger partial charge is 0.384 e. The Morgan fingerprint density at radius 2 is 2.05 bits per heavy atom. The van der Waals surface area contributed by atoms with Gasteiger partial charge in [0.15, 0.2) is 0 Å². The lowest BCUT2D eigenvalue weighted by molar-refractivity contribution is -0.138. The first kappa shape index (κ1) is 16.1. The van der Waals surface area contributed by atoms with Crippen LogP contribution in [0.2, 0.25) is 0 Å². The highest BCUT2D eigenvalue weighted by Crippen LogP contribution is 2.18. The van der Waals surface area contributed by atoms with Crippen molar-refractivity contribution >= 4 is 5.91 Å². The Kier molecular flexibility index (Phi) is 5.17. The average Bonchev–Trinajstić information content (AvgIpc) is 2.35. The van der Waals surface area contributed by atoms with Crippen molar-refractivity contribution in [1.29, 1.82) is 0 Å². The third kappa shape index (κ3) is 4.59. The first-order valence-corrected chi connectivity index (χ1v) is 5.77. The largest absolute Gasteiger partial charge is 0.406 e. The Hall–Kier alpha value is -2.00. The van der Waals surface area contributed by atoms with Crippen molar-refractivity contribution < 1.29 is 23.1 Å². The third-order valence-corrected chi connectivity index (χ3v) is 2.55. The van der Waals surface area contributed by atoms with Gasteiger partial charge in [0.25, 0.3) is 5.91 Å². The second-order valence-electron chi connectivity index (χ2n) is 4.27. The van der Waals surface area contributed by atoms with Crippen LogP contribution in [0.1, 0.15) is 21.5 Å². The molecule has 0 saturated heterocycles. The summed E-state index contributed by atoms with van der Waals surface area (Å²) in [6, 6.07) is 4.48. The number of rotatable bonds is 2. The topological polar surface area (TPSA) is 40.5 Å². The number of aliphatic hydroxyl groups is 1. The van der Waals surface area contributed by atoms with Gasteiger partial charge in [0.2, 0.25) is 0 Å². The van der Waals surface area contributed by atoms with Crippen molar-refractivity contribution in [2.75, 3.05) is 20.2 Å². The number of alkyl halides is 3. The van der Waals surface area contributed by atoms with Gasteiger partial charge >= 0.3 is 6.18 Å². The molecule has 0 spiro atoms. The van der Waals surface area contributed by atoms with Gasteiger partial charge in [0, 0.05) is 18.2 Å². The van der Waals surface area contributed by atoms with E-state index in [1.54, 1.807) is 13.0 Å². The average molecular weight is 285 g/mol. The van der Waals surface area contributed by atoms with Crippen molar-refractivity contribution in [2.24, 2.45) is 0 Å². The van der Waals surface area contributed by atoms with Gasteiger partial charge in [-0.1, -0.05) is 17.9 Å². The highest BCUT2D eigenvalue weighted by Gasteiger charge is 2.31. The van der Waals surface area contributed by atoms with Crippen molar-refractivity contribution in [2.45, 2.75) is 13.1 Å². The summed E-state index contributed by atoms with van der Waals surface area (Å²) in [6.07, 6.45) is -4.44. The highest BCUT2D eigenvalue weighted by atomic mass is 19.4. The first-order valence-electron chi connectivity index (χ1n) is 5.77. The molecule has 0 fully saturated rings. The van der Waals surface area contributed by atoms with E-state index in [0.717, 1.165) is 12.6 Å². The van der Waals surface area contributed by atoms with Gasteiger partial charge in [-0.25, -0.2) is 0 Å². The molecule has 20 heavy (non-hydrogen) atoms. The Morgan fingerprint density at radius 1 is 1.40 bits per heavy atom. The number of aryl methyl sites for hydroxylation is 1. The predicted molar refractivity (Wildman–Crippen MR) is 68.2 cm³/mol. The lowest BCUT2D eigenvalue weighted by Crippen LogP contribution is -2.35. The summed E-state index contributed by atoms with van der Waals surface area (Å²) in [5, 5.41) is 8.64. The van der Waals surface area contributed by atoms with Gasteiger partial charge in [-0.3, -0.25) is 4.79 Å². The van der Waals surface area contributed by atoms with E-state index in [-0.39, 0.29) is 12.2 Å². The SMILES string of the molecule is Cc1ccc(C(=O)N(C)CC(F)(F)F)cc1C#CCO. The van der Waals surface area contributed by atoms with Gasteiger partial charge in [-0.05, 0) is 24.6 Å². The van der Waals surface area contributed by atoms with E-state index in [1.165, 1.54) is 12.1 Å². The van der Waals surface area contributed by atoms with E-state index in [1.807, 2.05) is 0 Å². The molecule has 0 heterocycles. The number of aliphatic hydroxyl groups excluding tert-OH is 1. The summed E-state index contributed by atoms with van der Waals surface area (Å²) in [5.41, 5.74) is 1.41. The summed E-state index contributed by atoms with van der Waals surface area (Å²) in [7, 11) is 1.09.